The van der Waals surface area contributed by atoms with E-state index in [0.29, 0.717) is 19.4 Å². The molecule has 4 aliphatic rings. The summed E-state index contributed by atoms with van der Waals surface area (Å²) in [4.78, 5) is 62.2. The average molecular weight is 670 g/mol. The summed E-state index contributed by atoms with van der Waals surface area (Å²) in [7, 11) is 1.71. The lowest BCUT2D eigenvalue weighted by atomic mass is 9.74. The van der Waals surface area contributed by atoms with Crippen molar-refractivity contribution in [1.29, 1.82) is 0 Å². The molecule has 260 valence electrons. The van der Waals surface area contributed by atoms with E-state index in [9.17, 15) is 24.3 Å². The van der Waals surface area contributed by atoms with Crippen molar-refractivity contribution < 1.29 is 33.8 Å². The number of likely N-dealkylation sites (N-methyl/N-ethyl adjacent to an activating group) is 1. The summed E-state index contributed by atoms with van der Waals surface area (Å²) in [6, 6.07) is 16.5. The quantitative estimate of drug-likeness (QED) is 0.335. The van der Waals surface area contributed by atoms with E-state index >= 15 is 0 Å². The van der Waals surface area contributed by atoms with E-state index < -0.39 is 59.6 Å². The molecule has 0 aliphatic carbocycles. The summed E-state index contributed by atoms with van der Waals surface area (Å²) in [6.45, 7) is 4.27. The van der Waals surface area contributed by atoms with Crippen LogP contribution in [0.4, 0.5) is 0 Å². The lowest BCUT2D eigenvalue weighted by Gasteiger charge is -2.39. The first-order chi connectivity index (χ1) is 23.7. The van der Waals surface area contributed by atoms with Crippen molar-refractivity contribution in [2.24, 2.45) is 11.8 Å². The summed E-state index contributed by atoms with van der Waals surface area (Å²) < 4.78 is 12.9. The van der Waals surface area contributed by atoms with Gasteiger partial charge in [0, 0.05) is 26.6 Å². The summed E-state index contributed by atoms with van der Waals surface area (Å²) >= 11 is 0. The Balaban J connectivity index is 1.45. The van der Waals surface area contributed by atoms with Crippen LogP contribution in [0.5, 0.6) is 0 Å². The molecule has 2 aromatic rings. The van der Waals surface area contributed by atoms with Crippen LogP contribution in [0.2, 0.25) is 0 Å². The Kier molecular flexibility index (Phi) is 10.4. The topological polar surface area (TPSA) is 117 Å². The van der Waals surface area contributed by atoms with E-state index in [1.165, 1.54) is 4.90 Å². The van der Waals surface area contributed by atoms with Crippen LogP contribution < -0.4 is 0 Å². The highest BCUT2D eigenvalue weighted by molar-refractivity contribution is 5.99. The number of likely N-dealkylation sites (tertiary alicyclic amines) is 1. The fraction of sp³-hybridized carbons (Fsp3) is 0.487. The summed E-state index contributed by atoms with van der Waals surface area (Å²) in [5, 5.41) is 10.8. The number of cyclic esters (lactones) is 1. The fourth-order valence-corrected chi connectivity index (χ4v) is 7.93. The molecule has 1 spiro atoms. The van der Waals surface area contributed by atoms with Crippen LogP contribution in [-0.2, 0) is 35.1 Å². The van der Waals surface area contributed by atoms with E-state index in [0.717, 1.165) is 24.0 Å². The van der Waals surface area contributed by atoms with E-state index in [1.54, 1.807) is 29.0 Å². The molecule has 3 amide bonds. The Morgan fingerprint density at radius 1 is 0.980 bits per heavy atom. The van der Waals surface area contributed by atoms with E-state index in [4.69, 9.17) is 9.47 Å². The minimum Gasteiger partial charge on any atom is -0.455 e. The standard InChI is InChI=1S/C39H47N3O7/c1-4-5-22-41-23-14-8-13-19-31(44)40(3)26(2)34(28-17-11-7-12-18-28)48-38(47)32-30-20-21-39(49-30)33(32)36(45)42(35(39)37(41)46)29(25-43)24-27-15-9-6-10-16-27/h6-12,14-18,20-21,26,29-30,32-35,43H,4-5,13,19,22-25H2,1-3H3/b14-8-/t26-,29+,30+,32-,33-,34+,35+,39-/m0/s1. The van der Waals surface area contributed by atoms with Crippen LogP contribution in [0.15, 0.2) is 85.0 Å². The van der Waals surface area contributed by atoms with Crippen LogP contribution in [-0.4, -0.2) is 100 Å². The maximum Gasteiger partial charge on any atom is 0.313 e. The molecule has 6 rings (SSSR count). The van der Waals surface area contributed by atoms with Gasteiger partial charge in [0.1, 0.15) is 23.7 Å². The van der Waals surface area contributed by atoms with Crippen LogP contribution in [0.1, 0.15) is 56.8 Å². The van der Waals surface area contributed by atoms with Gasteiger partial charge < -0.3 is 29.3 Å². The third-order valence-corrected chi connectivity index (χ3v) is 10.7. The normalized spacial score (nSPS) is 31.6. The fourth-order valence-electron chi connectivity index (χ4n) is 7.93. The molecule has 2 saturated heterocycles. The number of esters is 1. The van der Waals surface area contributed by atoms with Gasteiger partial charge in [0.25, 0.3) is 0 Å². The smallest absolute Gasteiger partial charge is 0.313 e. The molecular weight excluding hydrogens is 622 g/mol. The van der Waals surface area contributed by atoms with E-state index in [1.807, 2.05) is 86.7 Å². The Labute approximate surface area is 288 Å². The Morgan fingerprint density at radius 2 is 1.69 bits per heavy atom. The molecule has 0 unspecified atom stereocenters. The molecule has 0 radical (unpaired) electrons. The van der Waals surface area contributed by atoms with Gasteiger partial charge in [-0.15, -0.1) is 0 Å². The maximum atomic E-state index is 14.8. The Hall–Kier alpha value is -4.28. The summed E-state index contributed by atoms with van der Waals surface area (Å²) in [6.07, 6.45) is 8.44. The zero-order chi connectivity index (χ0) is 34.7. The number of unbranched alkanes of at least 4 members (excludes halogenated alkanes) is 1. The number of hydrogen-bond donors (Lipinski definition) is 1. The molecule has 10 nitrogen and oxygen atoms in total. The van der Waals surface area contributed by atoms with Gasteiger partial charge >= 0.3 is 5.97 Å². The first-order valence-electron chi connectivity index (χ1n) is 17.5. The molecule has 0 saturated carbocycles. The third-order valence-electron chi connectivity index (χ3n) is 10.7. The van der Waals surface area contributed by atoms with Gasteiger partial charge in [-0.2, -0.15) is 0 Å². The van der Waals surface area contributed by atoms with Crippen molar-refractivity contribution in [2.75, 3.05) is 26.7 Å². The van der Waals surface area contributed by atoms with Gasteiger partial charge in [-0.3, -0.25) is 19.2 Å². The number of carbonyl (C=O) groups excluding carboxylic acids is 4. The van der Waals surface area contributed by atoms with Crippen molar-refractivity contribution in [1.82, 2.24) is 14.7 Å². The van der Waals surface area contributed by atoms with Crippen molar-refractivity contribution >= 4 is 23.7 Å². The molecule has 4 aliphatic heterocycles. The number of benzene rings is 2. The highest BCUT2D eigenvalue weighted by Gasteiger charge is 2.74. The molecule has 8 atom stereocenters. The van der Waals surface area contributed by atoms with Crippen molar-refractivity contribution in [3.8, 4) is 0 Å². The summed E-state index contributed by atoms with van der Waals surface area (Å²) in [5.41, 5.74) is 0.220. The van der Waals surface area contributed by atoms with Gasteiger partial charge in [-0.05, 0) is 37.3 Å². The summed E-state index contributed by atoms with van der Waals surface area (Å²) in [5.74, 6) is -3.48. The van der Waals surface area contributed by atoms with E-state index in [2.05, 4.69) is 0 Å². The lowest BCUT2D eigenvalue weighted by Crippen LogP contribution is -2.59. The number of hydrogen-bond acceptors (Lipinski definition) is 7. The Morgan fingerprint density at radius 3 is 2.39 bits per heavy atom. The molecule has 4 heterocycles. The monoisotopic (exact) mass is 669 g/mol. The molecule has 2 aromatic carbocycles. The first kappa shape index (κ1) is 34.6. The Bertz CT molecular complexity index is 1580. The van der Waals surface area contributed by atoms with E-state index in [-0.39, 0.29) is 31.4 Å². The van der Waals surface area contributed by atoms with Crippen LogP contribution in [0, 0.1) is 11.8 Å². The zero-order valence-corrected chi connectivity index (χ0v) is 28.5. The van der Waals surface area contributed by atoms with Crippen LogP contribution in [0.3, 0.4) is 0 Å². The van der Waals surface area contributed by atoms with Crippen LogP contribution >= 0.6 is 0 Å². The highest BCUT2D eigenvalue weighted by Crippen LogP contribution is 2.56. The van der Waals surface area contributed by atoms with Crippen LogP contribution in [0.25, 0.3) is 0 Å². The number of ether oxygens (including phenoxy) is 2. The third kappa shape index (κ3) is 6.44. The molecule has 10 heteroatoms. The lowest BCUT2D eigenvalue weighted by molar-refractivity contribution is -0.164. The number of amides is 3. The number of rotatable bonds is 8. The number of aliphatic hydroxyl groups is 1. The van der Waals surface area contributed by atoms with Gasteiger partial charge in [-0.25, -0.2) is 0 Å². The second kappa shape index (κ2) is 14.7. The predicted octanol–water partition coefficient (Wildman–Crippen LogP) is 3.85. The van der Waals surface area contributed by atoms with Crippen molar-refractivity contribution in [3.05, 3.63) is 96.1 Å². The SMILES string of the molecule is CCCCN1C/C=C\CCC(=O)N(C)[C@@H](C)[C@H](c2ccccc2)OC(=O)[C@@H]2[C@H]3C(=O)N([C@@H](CO)Cc4ccccc4)[C@H](C1=O)[C@]31C=C[C@H]2O1. The molecule has 2 fully saturated rings. The number of allylic oxidation sites excluding steroid dienone is 1. The molecule has 5 bridgehead atoms. The maximum absolute atomic E-state index is 14.8. The molecule has 49 heavy (non-hydrogen) atoms. The van der Waals surface area contributed by atoms with Gasteiger partial charge in [0.2, 0.25) is 17.7 Å². The zero-order valence-electron chi connectivity index (χ0n) is 28.5. The minimum atomic E-state index is -1.41. The number of fused-ring (bicyclic) bond motifs is 2. The number of carbonyl (C=O) groups is 4. The average Bonchev–Trinajstić information content (AvgIpc) is 3.77. The minimum absolute atomic E-state index is 0.0964. The first-order valence-corrected chi connectivity index (χ1v) is 17.5. The number of aliphatic hydroxyl groups excluding tert-OH is 1. The largest absolute Gasteiger partial charge is 0.455 e. The molecular formula is C39H47N3O7. The second-order valence-electron chi connectivity index (χ2n) is 13.6. The van der Waals surface area contributed by atoms with Crippen molar-refractivity contribution in [3.63, 3.8) is 0 Å². The predicted molar refractivity (Wildman–Crippen MR) is 183 cm³/mol. The van der Waals surface area contributed by atoms with Gasteiger partial charge in [0.15, 0.2) is 0 Å². The molecule has 1 N–H and O–H groups in total. The highest BCUT2D eigenvalue weighted by atomic mass is 16.6. The van der Waals surface area contributed by atoms with Gasteiger partial charge in [0.05, 0.1) is 30.7 Å². The molecule has 0 aromatic heterocycles. The number of nitrogens with zero attached hydrogens (tertiary/aromatic N) is 3. The second-order valence-corrected chi connectivity index (χ2v) is 13.6. The van der Waals surface area contributed by atoms with Crippen molar-refractivity contribution in [2.45, 2.75) is 81.9 Å². The van der Waals surface area contributed by atoms with Gasteiger partial charge in [-0.1, -0.05) is 98.3 Å².